The average Bonchev–Trinajstić information content (AvgIpc) is 3.35. The molecule has 1 amide bonds. The zero-order chi connectivity index (χ0) is 21.9. The lowest BCUT2D eigenvalue weighted by Crippen LogP contribution is -2.42. The van der Waals surface area contributed by atoms with E-state index in [1.807, 2.05) is 25.1 Å². The van der Waals surface area contributed by atoms with Gasteiger partial charge in [-0.15, -0.1) is 0 Å². The number of anilines is 2. The van der Waals surface area contributed by atoms with Crippen LogP contribution in [-0.2, 0) is 6.18 Å². The van der Waals surface area contributed by atoms with Gasteiger partial charge in [0, 0.05) is 23.2 Å². The molecule has 4 aromatic rings. The first-order valence-electron chi connectivity index (χ1n) is 9.54. The first-order valence-corrected chi connectivity index (χ1v) is 9.54. The number of nitrogens with two attached hydrogens (primary N) is 1. The second-order valence-electron chi connectivity index (χ2n) is 7.53. The third-order valence-corrected chi connectivity index (χ3v) is 5.52. The van der Waals surface area contributed by atoms with E-state index in [1.165, 1.54) is 17.0 Å². The molecule has 0 aliphatic carbocycles. The van der Waals surface area contributed by atoms with Gasteiger partial charge in [0.25, 0.3) is 5.91 Å². The number of nitrogens with zero attached hydrogens (tertiary/aromatic N) is 4. The molecule has 0 radical (unpaired) electrons. The molecule has 1 aliphatic heterocycles. The second kappa shape index (κ2) is 6.59. The van der Waals surface area contributed by atoms with Gasteiger partial charge in [-0.1, -0.05) is 6.07 Å². The lowest BCUT2D eigenvalue weighted by molar-refractivity contribution is -0.137. The van der Waals surface area contributed by atoms with Crippen LogP contribution in [0.1, 0.15) is 29.0 Å². The number of hydrogen-bond acceptors (Lipinski definition) is 4. The number of amides is 1. The van der Waals surface area contributed by atoms with Crippen molar-refractivity contribution in [2.24, 2.45) is 0 Å². The van der Waals surface area contributed by atoms with Gasteiger partial charge < -0.3 is 10.6 Å². The molecule has 1 atom stereocenters. The fraction of sp³-hybridized carbons (Fsp3) is 0.190. The first kappa shape index (κ1) is 19.2. The van der Waals surface area contributed by atoms with Gasteiger partial charge >= 0.3 is 6.18 Å². The Morgan fingerprint density at radius 3 is 2.61 bits per heavy atom. The smallest absolute Gasteiger partial charge is 0.382 e. The highest BCUT2D eigenvalue weighted by atomic mass is 19.4. The van der Waals surface area contributed by atoms with E-state index in [0.29, 0.717) is 29.3 Å². The number of benzene rings is 2. The van der Waals surface area contributed by atoms with Gasteiger partial charge in [0.1, 0.15) is 5.69 Å². The van der Waals surface area contributed by atoms with Crippen molar-refractivity contribution >= 4 is 28.3 Å². The average molecular weight is 426 g/mol. The van der Waals surface area contributed by atoms with Gasteiger partial charge in [-0.3, -0.25) is 14.6 Å². The largest absolute Gasteiger partial charge is 0.416 e. The van der Waals surface area contributed by atoms with Crippen molar-refractivity contribution in [3.05, 3.63) is 59.9 Å². The summed E-state index contributed by atoms with van der Waals surface area (Å²) in [5.74, 6) is 0.0228. The van der Waals surface area contributed by atoms with Crippen molar-refractivity contribution in [1.82, 2.24) is 20.0 Å². The van der Waals surface area contributed by atoms with E-state index in [4.69, 9.17) is 5.73 Å². The van der Waals surface area contributed by atoms with E-state index in [0.717, 1.165) is 28.6 Å². The van der Waals surface area contributed by atoms with Crippen LogP contribution >= 0.6 is 0 Å². The number of aromatic nitrogens is 4. The summed E-state index contributed by atoms with van der Waals surface area (Å²) in [7, 11) is 0. The molecule has 2 aromatic heterocycles. The predicted octanol–water partition coefficient (Wildman–Crippen LogP) is 4.25. The molecule has 3 heterocycles. The lowest BCUT2D eigenvalue weighted by atomic mass is 10.0. The van der Waals surface area contributed by atoms with Gasteiger partial charge in [0.05, 0.1) is 23.3 Å². The number of carbonyl (C=O) groups is 1. The zero-order valence-electron chi connectivity index (χ0n) is 16.3. The van der Waals surface area contributed by atoms with Crippen molar-refractivity contribution in [2.75, 3.05) is 17.2 Å². The number of carbonyl (C=O) groups excluding carboxylic acids is 1. The highest BCUT2D eigenvalue weighted by Crippen LogP contribution is 2.35. The van der Waals surface area contributed by atoms with Crippen molar-refractivity contribution in [2.45, 2.75) is 19.1 Å². The number of alkyl halides is 3. The lowest BCUT2D eigenvalue weighted by Gasteiger charge is -2.32. The maximum atomic E-state index is 13.4. The van der Waals surface area contributed by atoms with E-state index < -0.39 is 11.7 Å². The molecule has 0 bridgehead atoms. The van der Waals surface area contributed by atoms with E-state index in [1.54, 1.807) is 10.9 Å². The molecule has 3 N–H and O–H groups in total. The summed E-state index contributed by atoms with van der Waals surface area (Å²) in [6.07, 6.45) is -2.81. The predicted molar refractivity (Wildman–Crippen MR) is 110 cm³/mol. The van der Waals surface area contributed by atoms with Gasteiger partial charge in [-0.2, -0.15) is 23.4 Å². The highest BCUT2D eigenvalue weighted by molar-refractivity contribution is 6.10. The van der Waals surface area contributed by atoms with Crippen LogP contribution in [0.25, 0.3) is 22.0 Å². The summed E-state index contributed by atoms with van der Waals surface area (Å²) >= 11 is 0. The molecule has 1 aliphatic rings. The Balaban J connectivity index is 1.57. The third kappa shape index (κ3) is 3.02. The highest BCUT2D eigenvalue weighted by Gasteiger charge is 2.35. The minimum atomic E-state index is -4.43. The van der Waals surface area contributed by atoms with Gasteiger partial charge in [0.15, 0.2) is 5.82 Å². The molecule has 158 valence electrons. The summed E-state index contributed by atoms with van der Waals surface area (Å²) in [4.78, 5) is 14.9. The monoisotopic (exact) mass is 426 g/mol. The number of halogens is 3. The Bertz CT molecular complexity index is 1310. The molecule has 0 saturated heterocycles. The fourth-order valence-electron chi connectivity index (χ4n) is 3.93. The minimum Gasteiger partial charge on any atom is -0.382 e. The Morgan fingerprint density at radius 1 is 1.16 bits per heavy atom. The van der Waals surface area contributed by atoms with Gasteiger partial charge in [0.2, 0.25) is 0 Å². The summed E-state index contributed by atoms with van der Waals surface area (Å²) in [6.45, 7) is 2.20. The van der Waals surface area contributed by atoms with Crippen molar-refractivity contribution in [3.63, 3.8) is 0 Å². The van der Waals surface area contributed by atoms with Crippen LogP contribution in [0.3, 0.4) is 0 Å². The molecule has 7 nitrogen and oxygen atoms in total. The molecule has 0 unspecified atom stereocenters. The normalized spacial score (nSPS) is 16.7. The molecule has 10 heteroatoms. The van der Waals surface area contributed by atoms with E-state index in [2.05, 4.69) is 15.3 Å². The Labute approximate surface area is 174 Å². The SMILES string of the molecule is C[C@H]1CN(c2ccc(C(F)(F)F)cc2)C(=O)c2c(-c3ccc4[nH]nc(N)c4c3)cnn21. The Morgan fingerprint density at radius 2 is 1.90 bits per heavy atom. The molecule has 0 spiro atoms. The zero-order valence-corrected chi connectivity index (χ0v) is 16.3. The van der Waals surface area contributed by atoms with Crippen LogP contribution in [0.2, 0.25) is 0 Å². The summed E-state index contributed by atoms with van der Waals surface area (Å²) in [5.41, 5.74) is 8.06. The maximum Gasteiger partial charge on any atom is 0.416 e. The van der Waals surface area contributed by atoms with Crippen LogP contribution in [-0.4, -0.2) is 32.4 Å². The van der Waals surface area contributed by atoms with Crippen molar-refractivity contribution in [1.29, 1.82) is 0 Å². The van der Waals surface area contributed by atoms with Crippen molar-refractivity contribution < 1.29 is 18.0 Å². The molecule has 0 fully saturated rings. The van der Waals surface area contributed by atoms with Crippen LogP contribution < -0.4 is 10.6 Å². The topological polar surface area (TPSA) is 92.8 Å². The van der Waals surface area contributed by atoms with E-state index in [9.17, 15) is 18.0 Å². The molecular weight excluding hydrogens is 409 g/mol. The number of nitrogen functional groups attached to an aromatic ring is 1. The molecule has 2 aromatic carbocycles. The molecular formula is C21H17F3N6O. The standard InChI is InChI=1S/C21H17F3N6O/c1-11-10-29(14-5-3-13(4-6-14)21(22,23)24)20(31)18-16(9-26-30(11)18)12-2-7-17-15(8-12)19(25)28-27-17/h2-9,11H,10H2,1H3,(H3,25,27,28)/t11-/m0/s1. The second-order valence-corrected chi connectivity index (χ2v) is 7.53. The number of hydrogen-bond donors (Lipinski definition) is 2. The minimum absolute atomic E-state index is 0.161. The maximum absolute atomic E-state index is 13.4. The van der Waals surface area contributed by atoms with Crippen LogP contribution in [0, 0.1) is 0 Å². The summed E-state index contributed by atoms with van der Waals surface area (Å²) < 4.78 is 40.4. The molecule has 31 heavy (non-hydrogen) atoms. The third-order valence-electron chi connectivity index (χ3n) is 5.52. The van der Waals surface area contributed by atoms with Gasteiger partial charge in [-0.25, -0.2) is 0 Å². The van der Waals surface area contributed by atoms with E-state index in [-0.39, 0.29) is 11.9 Å². The summed E-state index contributed by atoms with van der Waals surface area (Å²) in [5, 5.41) is 11.9. The molecule has 0 saturated carbocycles. The first-order chi connectivity index (χ1) is 14.7. The quantitative estimate of drug-likeness (QED) is 0.501. The number of rotatable bonds is 2. The van der Waals surface area contributed by atoms with Crippen molar-refractivity contribution in [3.8, 4) is 11.1 Å². The number of aromatic amines is 1. The van der Waals surface area contributed by atoms with Crippen LogP contribution in [0.5, 0.6) is 0 Å². The number of fused-ring (bicyclic) bond motifs is 2. The summed E-state index contributed by atoms with van der Waals surface area (Å²) in [6, 6.07) is 9.93. The van der Waals surface area contributed by atoms with Crippen LogP contribution in [0.4, 0.5) is 24.7 Å². The van der Waals surface area contributed by atoms with Gasteiger partial charge in [-0.05, 0) is 48.9 Å². The molecule has 5 rings (SSSR count). The number of nitrogens with one attached hydrogen (secondary N) is 1. The Hall–Kier alpha value is -3.82. The van der Waals surface area contributed by atoms with E-state index >= 15 is 0 Å². The van der Waals surface area contributed by atoms with Crippen LogP contribution in [0.15, 0.2) is 48.7 Å². The fourth-order valence-corrected chi connectivity index (χ4v) is 3.93. The Kier molecular flexibility index (Phi) is 4.07. The number of H-pyrrole nitrogens is 1.